The molecule has 98 valence electrons. The molecule has 2 N–H and O–H groups in total. The highest BCUT2D eigenvalue weighted by atomic mass is 16.5. The van der Waals surface area contributed by atoms with E-state index in [0.29, 0.717) is 0 Å². The predicted molar refractivity (Wildman–Crippen MR) is 75.3 cm³/mol. The minimum Gasteiger partial charge on any atom is -0.493 e. The van der Waals surface area contributed by atoms with Crippen LogP contribution in [0.1, 0.15) is 35.3 Å². The third-order valence-electron chi connectivity index (χ3n) is 3.67. The summed E-state index contributed by atoms with van der Waals surface area (Å²) in [7, 11) is 0. The Kier molecular flexibility index (Phi) is 3.22. The summed E-state index contributed by atoms with van der Waals surface area (Å²) in [5, 5.41) is 0. The zero-order valence-corrected chi connectivity index (χ0v) is 11.1. The third-order valence-corrected chi connectivity index (χ3v) is 3.67. The maximum atomic E-state index is 6.38. The molecule has 1 atom stereocenters. The Hall–Kier alpha value is -1.87. The molecule has 19 heavy (non-hydrogen) atoms. The summed E-state index contributed by atoms with van der Waals surface area (Å²) in [5.74, 6) is 0.993. The minimum atomic E-state index is -0.165. The number of pyridine rings is 1. The van der Waals surface area contributed by atoms with E-state index in [2.05, 4.69) is 24.0 Å². The van der Waals surface area contributed by atoms with Gasteiger partial charge in [0, 0.05) is 12.6 Å². The van der Waals surface area contributed by atoms with Gasteiger partial charge in [0.1, 0.15) is 5.75 Å². The molecule has 3 rings (SSSR count). The van der Waals surface area contributed by atoms with Gasteiger partial charge in [-0.2, -0.15) is 0 Å². The molecule has 2 heterocycles. The lowest BCUT2D eigenvalue weighted by molar-refractivity contribution is 0.357. The first-order chi connectivity index (χ1) is 9.29. The number of aromatic nitrogens is 1. The second-order valence-corrected chi connectivity index (χ2v) is 4.84. The number of nitrogens with zero attached hydrogens (tertiary/aromatic N) is 1. The molecule has 0 amide bonds. The lowest BCUT2D eigenvalue weighted by atomic mass is 9.97. The Morgan fingerprint density at radius 1 is 1.37 bits per heavy atom. The second kappa shape index (κ2) is 5.02. The summed E-state index contributed by atoms with van der Waals surface area (Å²) in [5.41, 5.74) is 10.9. The Balaban J connectivity index is 1.97. The molecule has 0 bridgehead atoms. The number of benzene rings is 1. The van der Waals surface area contributed by atoms with E-state index in [-0.39, 0.29) is 6.04 Å². The van der Waals surface area contributed by atoms with E-state index in [1.165, 1.54) is 11.1 Å². The van der Waals surface area contributed by atoms with Gasteiger partial charge in [-0.3, -0.25) is 4.98 Å². The smallest absolute Gasteiger partial charge is 0.122 e. The second-order valence-electron chi connectivity index (χ2n) is 4.84. The summed E-state index contributed by atoms with van der Waals surface area (Å²) < 4.78 is 5.53. The predicted octanol–water partition coefficient (Wildman–Crippen LogP) is 2.63. The van der Waals surface area contributed by atoms with Crippen LogP contribution in [0.5, 0.6) is 5.75 Å². The van der Waals surface area contributed by atoms with E-state index in [9.17, 15) is 0 Å². The van der Waals surface area contributed by atoms with Crippen LogP contribution >= 0.6 is 0 Å². The molecule has 0 radical (unpaired) electrons. The molecule has 1 aromatic carbocycles. The Morgan fingerprint density at radius 2 is 2.26 bits per heavy atom. The molecule has 0 saturated carbocycles. The summed E-state index contributed by atoms with van der Waals surface area (Å²) in [6.45, 7) is 2.90. The summed E-state index contributed by atoms with van der Waals surface area (Å²) in [4.78, 5) is 4.46. The van der Waals surface area contributed by atoms with Gasteiger partial charge in [0.2, 0.25) is 0 Å². The van der Waals surface area contributed by atoms with Crippen molar-refractivity contribution < 1.29 is 4.74 Å². The fourth-order valence-corrected chi connectivity index (χ4v) is 2.59. The number of rotatable bonds is 3. The van der Waals surface area contributed by atoms with Crippen LogP contribution in [-0.2, 0) is 12.8 Å². The highest BCUT2D eigenvalue weighted by molar-refractivity contribution is 5.43. The monoisotopic (exact) mass is 254 g/mol. The number of fused-ring (bicyclic) bond motifs is 1. The third kappa shape index (κ3) is 2.22. The van der Waals surface area contributed by atoms with Crippen LogP contribution in [0.3, 0.4) is 0 Å². The van der Waals surface area contributed by atoms with Crippen molar-refractivity contribution >= 4 is 0 Å². The van der Waals surface area contributed by atoms with Gasteiger partial charge in [0.25, 0.3) is 0 Å². The molecule has 0 spiro atoms. The number of nitrogens with two attached hydrogens (primary N) is 1. The van der Waals surface area contributed by atoms with Gasteiger partial charge >= 0.3 is 0 Å². The molecule has 0 aliphatic carbocycles. The van der Waals surface area contributed by atoms with Crippen LogP contribution in [0, 0.1) is 0 Å². The fourth-order valence-electron chi connectivity index (χ4n) is 2.59. The first-order valence-corrected chi connectivity index (χ1v) is 6.74. The van der Waals surface area contributed by atoms with Gasteiger partial charge in [-0.05, 0) is 35.2 Å². The lowest BCUT2D eigenvalue weighted by Gasteiger charge is -2.15. The Bertz CT molecular complexity index is 595. The molecule has 1 aliphatic heterocycles. The maximum Gasteiger partial charge on any atom is 0.122 e. The topological polar surface area (TPSA) is 48.1 Å². The molecular formula is C16H18N2O. The van der Waals surface area contributed by atoms with Gasteiger partial charge in [0.05, 0.1) is 18.3 Å². The van der Waals surface area contributed by atoms with Gasteiger partial charge in [-0.25, -0.2) is 0 Å². The van der Waals surface area contributed by atoms with Gasteiger partial charge in [0.15, 0.2) is 0 Å². The zero-order valence-electron chi connectivity index (χ0n) is 11.1. The molecule has 3 nitrogen and oxygen atoms in total. The van der Waals surface area contributed by atoms with Crippen LogP contribution in [0.25, 0.3) is 0 Å². The van der Waals surface area contributed by atoms with Gasteiger partial charge < -0.3 is 10.5 Å². The van der Waals surface area contributed by atoms with E-state index in [1.54, 1.807) is 0 Å². The van der Waals surface area contributed by atoms with E-state index in [4.69, 9.17) is 10.5 Å². The SMILES string of the molecule is CCc1cccnc1C(N)c1ccc2c(c1)CCO2. The fraction of sp³-hybridized carbons (Fsp3) is 0.312. The molecule has 1 unspecified atom stereocenters. The Labute approximate surface area is 113 Å². The van der Waals surface area contributed by atoms with E-state index < -0.39 is 0 Å². The van der Waals surface area contributed by atoms with Crippen molar-refractivity contribution in [3.05, 3.63) is 58.9 Å². The van der Waals surface area contributed by atoms with E-state index in [1.807, 2.05) is 24.4 Å². The number of hydrogen-bond donors (Lipinski definition) is 1. The summed E-state index contributed by atoms with van der Waals surface area (Å²) >= 11 is 0. The van der Waals surface area contributed by atoms with Crippen molar-refractivity contribution in [3.63, 3.8) is 0 Å². The summed E-state index contributed by atoms with van der Waals surface area (Å²) in [6, 6.07) is 10.1. The molecular weight excluding hydrogens is 236 g/mol. The first kappa shape index (κ1) is 12.2. The largest absolute Gasteiger partial charge is 0.493 e. The van der Waals surface area contributed by atoms with Crippen LogP contribution in [0.2, 0.25) is 0 Å². The van der Waals surface area contributed by atoms with Crippen molar-refractivity contribution in [1.29, 1.82) is 0 Å². The molecule has 1 aliphatic rings. The molecule has 2 aromatic rings. The van der Waals surface area contributed by atoms with Crippen molar-refractivity contribution in [2.75, 3.05) is 6.61 Å². The van der Waals surface area contributed by atoms with E-state index >= 15 is 0 Å². The van der Waals surface area contributed by atoms with Crippen molar-refractivity contribution in [2.24, 2.45) is 5.73 Å². The van der Waals surface area contributed by atoms with Crippen LogP contribution in [0.4, 0.5) is 0 Å². The van der Waals surface area contributed by atoms with Crippen LogP contribution in [0.15, 0.2) is 36.5 Å². The van der Waals surface area contributed by atoms with Crippen LogP contribution < -0.4 is 10.5 Å². The molecule has 1 aromatic heterocycles. The van der Waals surface area contributed by atoms with Gasteiger partial charge in [-0.15, -0.1) is 0 Å². The summed E-state index contributed by atoms with van der Waals surface area (Å²) in [6.07, 6.45) is 3.73. The van der Waals surface area contributed by atoms with Crippen LogP contribution in [-0.4, -0.2) is 11.6 Å². The minimum absolute atomic E-state index is 0.165. The number of hydrogen-bond acceptors (Lipinski definition) is 3. The highest BCUT2D eigenvalue weighted by Gasteiger charge is 2.18. The first-order valence-electron chi connectivity index (χ1n) is 6.74. The van der Waals surface area contributed by atoms with E-state index in [0.717, 1.165) is 36.5 Å². The standard InChI is InChI=1S/C16H18N2O/c1-2-11-4-3-8-18-16(11)15(17)13-5-6-14-12(10-13)7-9-19-14/h3-6,8,10,15H,2,7,9,17H2,1H3. The van der Waals surface area contributed by atoms with Crippen molar-refractivity contribution in [1.82, 2.24) is 4.98 Å². The number of ether oxygens (including phenoxy) is 1. The average molecular weight is 254 g/mol. The lowest BCUT2D eigenvalue weighted by Crippen LogP contribution is -2.15. The van der Waals surface area contributed by atoms with Crippen molar-refractivity contribution in [2.45, 2.75) is 25.8 Å². The van der Waals surface area contributed by atoms with Crippen molar-refractivity contribution in [3.8, 4) is 5.75 Å². The molecule has 0 fully saturated rings. The quantitative estimate of drug-likeness (QED) is 0.916. The normalized spacial score (nSPS) is 14.8. The zero-order chi connectivity index (χ0) is 13.2. The van der Waals surface area contributed by atoms with Gasteiger partial charge in [-0.1, -0.05) is 25.1 Å². The molecule has 0 saturated heterocycles. The number of aryl methyl sites for hydroxylation is 1. The molecule has 3 heteroatoms. The average Bonchev–Trinajstić information content (AvgIpc) is 2.93. The highest BCUT2D eigenvalue weighted by Crippen LogP contribution is 2.29. The maximum absolute atomic E-state index is 6.38. The Morgan fingerprint density at radius 3 is 3.11 bits per heavy atom.